The van der Waals surface area contributed by atoms with Gasteiger partial charge in [-0.25, -0.2) is 15.9 Å². The van der Waals surface area contributed by atoms with Gasteiger partial charge in [-0.2, -0.15) is 0 Å². The van der Waals surface area contributed by atoms with Gasteiger partial charge in [0, 0.05) is 12.4 Å². The van der Waals surface area contributed by atoms with Gasteiger partial charge in [0.05, 0.1) is 6.33 Å². The molecular weight excluding hydrogens is 222 g/mol. The Labute approximate surface area is 78.7 Å². The summed E-state index contributed by atoms with van der Waals surface area (Å²) in [5.41, 5.74) is 2.81. The molecule has 1 aliphatic heterocycles. The van der Waals surface area contributed by atoms with Gasteiger partial charge >= 0.3 is 12.9 Å². The molecule has 1 aliphatic rings. The Morgan fingerprint density at radius 2 is 2.33 bits per heavy atom. The third kappa shape index (κ3) is 1.70. The van der Waals surface area contributed by atoms with Crippen molar-refractivity contribution in [2.75, 3.05) is 0 Å². The molecule has 12 heavy (non-hydrogen) atoms. The summed E-state index contributed by atoms with van der Waals surface area (Å²) in [4.78, 5) is 3.94. The van der Waals surface area contributed by atoms with Crippen molar-refractivity contribution in [1.29, 1.82) is 0 Å². The highest BCUT2D eigenvalue weighted by atomic mass is 79.9. The third-order valence-electron chi connectivity index (χ3n) is 1.53. The molecule has 0 saturated carbocycles. The van der Waals surface area contributed by atoms with Crippen LogP contribution in [0.25, 0.3) is 0 Å². The molecule has 0 aliphatic carbocycles. The molecule has 4 N–H and O–H groups in total. The van der Waals surface area contributed by atoms with E-state index in [0.29, 0.717) is 0 Å². The molecule has 0 unspecified atom stereocenters. The molecule has 2 heterocycles. The summed E-state index contributed by atoms with van der Waals surface area (Å²) in [6.07, 6.45) is 5.34. The van der Waals surface area contributed by atoms with Crippen LogP contribution >= 0.6 is 15.8 Å². The number of halogens is 1. The van der Waals surface area contributed by atoms with Crippen LogP contribution in [0.2, 0.25) is 0 Å². The van der Waals surface area contributed by atoms with E-state index in [4.69, 9.17) is 0 Å². The first-order valence-electron chi connectivity index (χ1n) is 3.50. The number of hydrogen-bond donors (Lipinski definition) is 4. The molecule has 0 bridgehead atoms. The number of nitrogens with zero attached hydrogens (tertiary/aromatic N) is 2. The van der Waals surface area contributed by atoms with Crippen LogP contribution in [-0.4, -0.2) is 22.4 Å². The van der Waals surface area contributed by atoms with E-state index in [9.17, 15) is 0 Å². The molecule has 9 heteroatoms. The lowest BCUT2D eigenvalue weighted by molar-refractivity contribution is 0.601. The van der Waals surface area contributed by atoms with E-state index in [0.717, 1.165) is 0 Å². The first-order chi connectivity index (χ1) is 5.86. The van der Waals surface area contributed by atoms with E-state index >= 15 is 0 Å². The summed E-state index contributed by atoms with van der Waals surface area (Å²) >= 11 is 3.36. The number of imidazole rings is 1. The van der Waals surface area contributed by atoms with Crippen LogP contribution in [0.5, 0.6) is 0 Å². The van der Waals surface area contributed by atoms with Crippen LogP contribution in [0.1, 0.15) is 0 Å². The second-order valence-corrected chi connectivity index (χ2v) is 3.27. The van der Waals surface area contributed by atoms with Crippen molar-refractivity contribution in [3.63, 3.8) is 0 Å². The van der Waals surface area contributed by atoms with Gasteiger partial charge in [-0.3, -0.25) is 5.34 Å². The van der Waals surface area contributed by atoms with Crippen molar-refractivity contribution in [2.45, 2.75) is 0 Å². The number of hydrogen-bond acceptors (Lipinski definition) is 5. The summed E-state index contributed by atoms with van der Waals surface area (Å²) in [6.45, 7) is 0. The SMILES string of the molecule is BrB1NNNB(n2ccnc2)N1. The van der Waals surface area contributed by atoms with Crippen LogP contribution in [0.15, 0.2) is 18.7 Å². The van der Waals surface area contributed by atoms with Gasteiger partial charge in [0.15, 0.2) is 0 Å². The Balaban J connectivity index is 2.04. The van der Waals surface area contributed by atoms with Gasteiger partial charge in [-0.05, 0) is 0 Å². The van der Waals surface area contributed by atoms with Gasteiger partial charge < -0.3 is 9.62 Å². The molecule has 1 aromatic rings. The second kappa shape index (κ2) is 3.58. The maximum absolute atomic E-state index is 3.94. The fourth-order valence-electron chi connectivity index (χ4n) is 0.978. The van der Waals surface area contributed by atoms with Crippen molar-refractivity contribution in [2.24, 2.45) is 0 Å². The summed E-state index contributed by atoms with van der Waals surface area (Å²) in [5, 5.41) is 9.03. The number of nitrogens with one attached hydrogen (secondary N) is 4. The summed E-state index contributed by atoms with van der Waals surface area (Å²) in [6, 6.07) is 0. The third-order valence-corrected chi connectivity index (χ3v) is 2.03. The lowest BCUT2D eigenvalue weighted by Gasteiger charge is -2.25. The average molecular weight is 229 g/mol. The Morgan fingerprint density at radius 3 is 3.00 bits per heavy atom. The molecule has 1 saturated heterocycles. The van der Waals surface area contributed by atoms with Crippen LogP contribution in [0.3, 0.4) is 0 Å². The highest BCUT2D eigenvalue weighted by Crippen LogP contribution is 1.90. The maximum Gasteiger partial charge on any atom is 0.442 e. The van der Waals surface area contributed by atoms with Gasteiger partial charge in [-0.1, -0.05) is 0 Å². The predicted octanol–water partition coefficient (Wildman–Crippen LogP) is -1.70. The van der Waals surface area contributed by atoms with E-state index in [1.165, 1.54) is 0 Å². The maximum atomic E-state index is 3.94. The lowest BCUT2D eigenvalue weighted by atomic mass is 9.87. The van der Waals surface area contributed by atoms with E-state index in [1.807, 2.05) is 10.7 Å². The van der Waals surface area contributed by atoms with Crippen molar-refractivity contribution in [3.05, 3.63) is 18.7 Å². The first-order valence-corrected chi connectivity index (χ1v) is 4.41. The van der Waals surface area contributed by atoms with Gasteiger partial charge in [-0.15, -0.1) is 15.8 Å². The highest BCUT2D eigenvalue weighted by Gasteiger charge is 2.27. The molecule has 0 atom stereocenters. The molecule has 2 rings (SSSR count). The minimum absolute atomic E-state index is 0.00174. The Morgan fingerprint density at radius 1 is 1.42 bits per heavy atom. The van der Waals surface area contributed by atoms with E-state index in [-0.39, 0.29) is 12.9 Å². The number of hydrazine groups is 2. The molecular formula is C3H7B2BrN6. The predicted molar refractivity (Wildman–Crippen MR) is 50.6 cm³/mol. The van der Waals surface area contributed by atoms with E-state index < -0.39 is 0 Å². The number of aromatic nitrogens is 2. The van der Waals surface area contributed by atoms with Crippen molar-refractivity contribution in [3.8, 4) is 0 Å². The minimum Gasteiger partial charge on any atom is -0.352 e. The zero-order valence-corrected chi connectivity index (χ0v) is 7.75. The van der Waals surface area contributed by atoms with Gasteiger partial charge in [0.2, 0.25) is 0 Å². The smallest absolute Gasteiger partial charge is 0.352 e. The Bertz CT molecular complexity index is 241. The van der Waals surface area contributed by atoms with Crippen LogP contribution in [0, 0.1) is 0 Å². The Kier molecular flexibility index (Phi) is 2.47. The van der Waals surface area contributed by atoms with E-state index in [2.05, 4.69) is 42.1 Å². The van der Waals surface area contributed by atoms with Crippen LogP contribution < -0.4 is 21.3 Å². The lowest BCUT2D eigenvalue weighted by Crippen LogP contribution is -2.74. The molecule has 0 aromatic carbocycles. The average Bonchev–Trinajstić information content (AvgIpc) is 2.56. The fourth-order valence-corrected chi connectivity index (χ4v) is 1.34. The molecule has 0 spiro atoms. The normalized spacial score (nSPS) is 18.4. The largest absolute Gasteiger partial charge is 0.442 e. The molecule has 0 amide bonds. The minimum atomic E-state index is -0.00174. The van der Waals surface area contributed by atoms with Crippen LogP contribution in [0.4, 0.5) is 0 Å². The summed E-state index contributed by atoms with van der Waals surface area (Å²) < 4.78 is 1.90. The molecule has 0 radical (unpaired) electrons. The first kappa shape index (κ1) is 8.27. The second-order valence-electron chi connectivity index (χ2n) is 2.36. The van der Waals surface area contributed by atoms with Crippen LogP contribution in [-0.2, 0) is 0 Å². The van der Waals surface area contributed by atoms with E-state index in [1.54, 1.807) is 12.5 Å². The van der Waals surface area contributed by atoms with Crippen molar-refractivity contribution >= 4 is 28.7 Å². The molecule has 62 valence electrons. The van der Waals surface area contributed by atoms with Gasteiger partial charge in [0.25, 0.3) is 0 Å². The standard InChI is InChI=1S/C3H7B2BrN6/c6-4-8-5(10-11-9-4)12-2-1-7-3-12/h1-3,8-11H. The molecule has 6 nitrogen and oxygen atoms in total. The molecule has 1 fully saturated rings. The Hall–Kier alpha value is -0.340. The van der Waals surface area contributed by atoms with Crippen molar-refractivity contribution < 1.29 is 0 Å². The zero-order chi connectivity index (χ0) is 8.39. The van der Waals surface area contributed by atoms with Gasteiger partial charge in [0.1, 0.15) is 0 Å². The van der Waals surface area contributed by atoms with Crippen molar-refractivity contribution in [1.82, 2.24) is 30.8 Å². The summed E-state index contributed by atoms with van der Waals surface area (Å²) in [5.74, 6) is 0.0335. The number of rotatable bonds is 1. The quantitative estimate of drug-likeness (QED) is 0.432. The highest BCUT2D eigenvalue weighted by molar-refractivity contribution is 9.24. The molecule has 1 aromatic heterocycles. The summed E-state index contributed by atoms with van der Waals surface area (Å²) in [7, 11) is -0.00174. The topological polar surface area (TPSA) is 65.9 Å². The fraction of sp³-hybridized carbons (Fsp3) is 0. The monoisotopic (exact) mass is 228 g/mol. The zero-order valence-electron chi connectivity index (χ0n) is 6.16.